The van der Waals surface area contributed by atoms with Crippen molar-refractivity contribution in [3.63, 3.8) is 0 Å². The van der Waals surface area contributed by atoms with Crippen LogP contribution in [0.3, 0.4) is 0 Å². The number of benzene rings is 2. The van der Waals surface area contributed by atoms with Crippen LogP contribution in [0.4, 0.5) is 0 Å². The Bertz CT molecular complexity index is 886. The Kier molecular flexibility index (Phi) is 4.65. The van der Waals surface area contributed by atoms with Gasteiger partial charge in [-0.25, -0.2) is 5.43 Å². The number of hydrazone groups is 1. The average Bonchev–Trinajstić information content (AvgIpc) is 2.95. The number of hydrogen-bond acceptors (Lipinski definition) is 2. The van der Waals surface area contributed by atoms with Gasteiger partial charge in [0.05, 0.1) is 16.3 Å². The second-order valence-corrected chi connectivity index (χ2v) is 5.72. The zero-order valence-electron chi connectivity index (χ0n) is 12.0. The zero-order chi connectivity index (χ0) is 16.2. The third-order valence-electron chi connectivity index (χ3n) is 3.37. The predicted molar refractivity (Wildman–Crippen MR) is 94.1 cm³/mol. The molecule has 0 spiro atoms. The van der Waals surface area contributed by atoms with Crippen LogP contribution < -0.4 is 5.43 Å². The van der Waals surface area contributed by atoms with E-state index >= 15 is 0 Å². The van der Waals surface area contributed by atoms with E-state index in [-0.39, 0.29) is 12.5 Å². The largest absolute Gasteiger partial charge is 0.338 e. The van der Waals surface area contributed by atoms with Crippen LogP contribution in [0.1, 0.15) is 5.56 Å². The van der Waals surface area contributed by atoms with E-state index in [0.717, 1.165) is 10.9 Å². The SMILES string of the molecule is O=C(Cn1ccc2ccccc21)N/N=C/c1cccc(Cl)c1Cl. The van der Waals surface area contributed by atoms with Crippen molar-refractivity contribution >= 4 is 46.2 Å². The van der Waals surface area contributed by atoms with E-state index in [4.69, 9.17) is 23.2 Å². The van der Waals surface area contributed by atoms with Gasteiger partial charge in [-0.3, -0.25) is 4.79 Å². The van der Waals surface area contributed by atoms with Gasteiger partial charge >= 0.3 is 0 Å². The highest BCUT2D eigenvalue weighted by atomic mass is 35.5. The molecule has 0 fully saturated rings. The van der Waals surface area contributed by atoms with Crippen LogP contribution in [0.15, 0.2) is 59.8 Å². The van der Waals surface area contributed by atoms with E-state index < -0.39 is 0 Å². The molecule has 0 saturated heterocycles. The second kappa shape index (κ2) is 6.86. The smallest absolute Gasteiger partial charge is 0.259 e. The quantitative estimate of drug-likeness (QED) is 0.561. The standard InChI is InChI=1S/C17H13Cl2N3O/c18-14-6-3-5-13(17(14)19)10-20-21-16(23)11-22-9-8-12-4-1-2-7-15(12)22/h1-10H,11H2,(H,21,23)/b20-10+. The van der Waals surface area contributed by atoms with Gasteiger partial charge in [0.1, 0.15) is 6.54 Å². The Morgan fingerprint density at radius 2 is 1.96 bits per heavy atom. The van der Waals surface area contributed by atoms with Crippen LogP contribution in [0.2, 0.25) is 10.0 Å². The molecule has 1 aromatic heterocycles. The Hall–Kier alpha value is -2.30. The summed E-state index contributed by atoms with van der Waals surface area (Å²) in [6.45, 7) is 0.189. The normalized spacial score (nSPS) is 11.2. The molecule has 0 aliphatic rings. The summed E-state index contributed by atoms with van der Waals surface area (Å²) in [7, 11) is 0. The fraction of sp³-hybridized carbons (Fsp3) is 0.0588. The maximum Gasteiger partial charge on any atom is 0.259 e. The van der Waals surface area contributed by atoms with Gasteiger partial charge in [-0.1, -0.05) is 53.5 Å². The van der Waals surface area contributed by atoms with E-state index in [1.807, 2.05) is 41.1 Å². The molecule has 23 heavy (non-hydrogen) atoms. The van der Waals surface area contributed by atoms with Crippen LogP contribution in [0, 0.1) is 0 Å². The van der Waals surface area contributed by atoms with Crippen LogP contribution in [0.5, 0.6) is 0 Å². The number of rotatable bonds is 4. The minimum Gasteiger partial charge on any atom is -0.338 e. The minimum atomic E-state index is -0.222. The molecule has 4 nitrogen and oxygen atoms in total. The highest BCUT2D eigenvalue weighted by Crippen LogP contribution is 2.24. The van der Waals surface area contributed by atoms with Crippen LogP contribution in [-0.4, -0.2) is 16.7 Å². The number of fused-ring (bicyclic) bond motifs is 1. The molecule has 1 amide bonds. The lowest BCUT2D eigenvalue weighted by atomic mass is 10.2. The number of aromatic nitrogens is 1. The maximum atomic E-state index is 12.0. The molecule has 1 heterocycles. The molecule has 0 atom stereocenters. The summed E-state index contributed by atoms with van der Waals surface area (Å²) >= 11 is 12.0. The average molecular weight is 346 g/mol. The van der Waals surface area contributed by atoms with Gasteiger partial charge in [0.15, 0.2) is 0 Å². The maximum absolute atomic E-state index is 12.0. The van der Waals surface area contributed by atoms with E-state index in [9.17, 15) is 4.79 Å². The first-order chi connectivity index (χ1) is 11.1. The topological polar surface area (TPSA) is 46.4 Å². The monoisotopic (exact) mass is 345 g/mol. The molecular formula is C17H13Cl2N3O. The summed E-state index contributed by atoms with van der Waals surface area (Å²) in [5.41, 5.74) is 4.14. The zero-order valence-corrected chi connectivity index (χ0v) is 13.6. The molecule has 3 aromatic rings. The summed E-state index contributed by atoms with van der Waals surface area (Å²) in [5, 5.41) is 5.87. The molecule has 0 aliphatic carbocycles. The van der Waals surface area contributed by atoms with E-state index in [2.05, 4.69) is 10.5 Å². The number of halogens is 2. The Labute approximate surface area is 143 Å². The third-order valence-corrected chi connectivity index (χ3v) is 4.20. The molecule has 0 radical (unpaired) electrons. The first-order valence-electron chi connectivity index (χ1n) is 6.95. The first-order valence-corrected chi connectivity index (χ1v) is 7.70. The second-order valence-electron chi connectivity index (χ2n) is 4.94. The van der Waals surface area contributed by atoms with Crippen molar-refractivity contribution in [2.24, 2.45) is 5.10 Å². The van der Waals surface area contributed by atoms with Gasteiger partial charge in [0, 0.05) is 17.3 Å². The van der Waals surface area contributed by atoms with Gasteiger partial charge in [0.2, 0.25) is 0 Å². The number of nitrogens with zero attached hydrogens (tertiary/aromatic N) is 2. The molecular weight excluding hydrogens is 333 g/mol. The lowest BCUT2D eigenvalue weighted by Crippen LogP contribution is -2.22. The van der Waals surface area contributed by atoms with Crippen molar-refractivity contribution in [2.45, 2.75) is 6.54 Å². The first kappa shape index (κ1) is 15.6. The number of nitrogens with one attached hydrogen (secondary N) is 1. The van der Waals surface area contributed by atoms with Gasteiger partial charge in [0.25, 0.3) is 5.91 Å². The van der Waals surface area contributed by atoms with Crippen LogP contribution in [-0.2, 0) is 11.3 Å². The summed E-state index contributed by atoms with van der Waals surface area (Å²) in [6, 6.07) is 15.1. The van der Waals surface area contributed by atoms with E-state index in [1.54, 1.807) is 18.2 Å². The fourth-order valence-electron chi connectivity index (χ4n) is 2.26. The molecule has 0 bridgehead atoms. The molecule has 116 valence electrons. The predicted octanol–water partition coefficient (Wildman–Crippen LogP) is 4.10. The number of carbonyl (C=O) groups excluding carboxylic acids is 1. The lowest BCUT2D eigenvalue weighted by molar-refractivity contribution is -0.121. The summed E-state index contributed by atoms with van der Waals surface area (Å²) < 4.78 is 1.87. The molecule has 2 aromatic carbocycles. The molecule has 0 saturated carbocycles. The van der Waals surface area contributed by atoms with Gasteiger partial charge in [-0.2, -0.15) is 5.10 Å². The van der Waals surface area contributed by atoms with Crippen LogP contribution >= 0.6 is 23.2 Å². The van der Waals surface area contributed by atoms with Crippen LogP contribution in [0.25, 0.3) is 10.9 Å². The minimum absolute atomic E-state index is 0.189. The number of para-hydroxylation sites is 1. The van der Waals surface area contributed by atoms with Crippen molar-refractivity contribution in [1.82, 2.24) is 9.99 Å². The van der Waals surface area contributed by atoms with Crippen molar-refractivity contribution in [1.29, 1.82) is 0 Å². The van der Waals surface area contributed by atoms with Crippen molar-refractivity contribution < 1.29 is 4.79 Å². The highest BCUT2D eigenvalue weighted by molar-refractivity contribution is 6.43. The fourth-order valence-corrected chi connectivity index (χ4v) is 2.62. The van der Waals surface area contributed by atoms with E-state index in [0.29, 0.717) is 15.6 Å². The summed E-state index contributed by atoms with van der Waals surface area (Å²) in [6.07, 6.45) is 3.35. The van der Waals surface area contributed by atoms with Crippen molar-refractivity contribution in [2.75, 3.05) is 0 Å². The van der Waals surface area contributed by atoms with Gasteiger partial charge in [-0.15, -0.1) is 0 Å². The Balaban J connectivity index is 1.66. The van der Waals surface area contributed by atoms with Gasteiger partial charge < -0.3 is 4.57 Å². The molecule has 6 heteroatoms. The molecule has 1 N–H and O–H groups in total. The molecule has 3 rings (SSSR count). The summed E-state index contributed by atoms with van der Waals surface area (Å²) in [5.74, 6) is -0.222. The summed E-state index contributed by atoms with van der Waals surface area (Å²) in [4.78, 5) is 12.0. The number of amides is 1. The molecule has 0 aliphatic heterocycles. The van der Waals surface area contributed by atoms with Crippen molar-refractivity contribution in [3.05, 3.63) is 70.3 Å². The Morgan fingerprint density at radius 1 is 1.13 bits per heavy atom. The molecule has 0 unspecified atom stereocenters. The number of hydrogen-bond donors (Lipinski definition) is 1. The third kappa shape index (κ3) is 3.55. The van der Waals surface area contributed by atoms with Gasteiger partial charge in [-0.05, 0) is 23.6 Å². The highest BCUT2D eigenvalue weighted by Gasteiger charge is 2.05. The lowest BCUT2D eigenvalue weighted by Gasteiger charge is -2.04. The van der Waals surface area contributed by atoms with Crippen molar-refractivity contribution in [3.8, 4) is 0 Å². The Morgan fingerprint density at radius 3 is 2.83 bits per heavy atom. The van der Waals surface area contributed by atoms with E-state index in [1.165, 1.54) is 6.21 Å². The number of carbonyl (C=O) groups is 1.